The second kappa shape index (κ2) is 3.23. The fraction of sp³-hybridized carbons (Fsp3) is 0.333. The van der Waals surface area contributed by atoms with Gasteiger partial charge in [-0.25, -0.2) is 4.79 Å². The molecular weight excluding hydrogens is 218 g/mol. The minimum Gasteiger partial charge on any atom is -0.385 e. The number of amides is 3. The molecule has 0 bridgehead atoms. The average Bonchev–Trinajstić information content (AvgIpc) is 2.56. The summed E-state index contributed by atoms with van der Waals surface area (Å²) >= 11 is 0. The highest BCUT2D eigenvalue weighted by molar-refractivity contribution is 6.08. The molecule has 3 N–H and O–H groups in total. The largest absolute Gasteiger partial charge is 0.385 e. The van der Waals surface area contributed by atoms with Crippen molar-refractivity contribution in [1.82, 2.24) is 10.6 Å². The van der Waals surface area contributed by atoms with Gasteiger partial charge in [-0.3, -0.25) is 10.1 Å². The van der Waals surface area contributed by atoms with Crippen LogP contribution in [0.25, 0.3) is 0 Å². The van der Waals surface area contributed by atoms with Gasteiger partial charge in [-0.15, -0.1) is 0 Å². The first-order valence-corrected chi connectivity index (χ1v) is 5.60. The number of nitrogens with one attached hydrogen (secondary N) is 3. The number of aryl methyl sites for hydroxylation is 1. The molecule has 3 rings (SSSR count). The van der Waals surface area contributed by atoms with Gasteiger partial charge in [0.1, 0.15) is 5.54 Å². The number of imide groups is 1. The molecule has 2 aliphatic rings. The van der Waals surface area contributed by atoms with Crippen molar-refractivity contribution in [2.45, 2.75) is 18.9 Å². The van der Waals surface area contributed by atoms with Gasteiger partial charge in [-0.05, 0) is 13.0 Å². The zero-order valence-electron chi connectivity index (χ0n) is 9.46. The zero-order chi connectivity index (χ0) is 12.0. The fourth-order valence-electron chi connectivity index (χ4n) is 2.54. The molecule has 1 fully saturated rings. The summed E-state index contributed by atoms with van der Waals surface area (Å²) in [5.74, 6) is -0.254. The summed E-state index contributed by atoms with van der Waals surface area (Å²) in [5.41, 5.74) is 1.95. The van der Waals surface area contributed by atoms with E-state index >= 15 is 0 Å². The number of hydrogen-bond donors (Lipinski definition) is 3. The number of anilines is 1. The molecule has 17 heavy (non-hydrogen) atoms. The second-order valence-corrected chi connectivity index (χ2v) is 4.54. The van der Waals surface area contributed by atoms with Crippen LogP contribution < -0.4 is 16.0 Å². The predicted molar refractivity (Wildman–Crippen MR) is 62.6 cm³/mol. The molecular formula is C12H13N3O2. The number of carbonyl (C=O) groups excluding carboxylic acids is 2. The Hall–Kier alpha value is -2.04. The molecule has 1 saturated heterocycles. The van der Waals surface area contributed by atoms with Crippen molar-refractivity contribution < 1.29 is 9.59 Å². The number of carbonyl (C=O) groups is 2. The Bertz CT molecular complexity index is 526. The molecule has 3 amide bonds. The van der Waals surface area contributed by atoms with Crippen molar-refractivity contribution >= 4 is 17.6 Å². The number of urea groups is 1. The Morgan fingerprint density at radius 2 is 2.12 bits per heavy atom. The van der Waals surface area contributed by atoms with Gasteiger partial charge < -0.3 is 10.6 Å². The molecule has 88 valence electrons. The van der Waals surface area contributed by atoms with Crippen LogP contribution in [0.2, 0.25) is 0 Å². The van der Waals surface area contributed by atoms with Crippen LogP contribution in [0.5, 0.6) is 0 Å². The second-order valence-electron chi connectivity index (χ2n) is 4.54. The molecule has 2 aliphatic heterocycles. The van der Waals surface area contributed by atoms with Crippen molar-refractivity contribution in [3.63, 3.8) is 0 Å². The lowest BCUT2D eigenvalue weighted by atomic mass is 9.82. The quantitative estimate of drug-likeness (QED) is 0.580. The summed E-state index contributed by atoms with van der Waals surface area (Å²) in [6.07, 6.45) is 0.570. The normalized spacial score (nSPS) is 26.2. The molecule has 1 spiro atoms. The molecule has 1 aromatic rings. The lowest BCUT2D eigenvalue weighted by molar-refractivity contribution is -0.124. The van der Waals surface area contributed by atoms with Gasteiger partial charge in [-0.2, -0.15) is 0 Å². The first-order chi connectivity index (χ1) is 8.12. The summed E-state index contributed by atoms with van der Waals surface area (Å²) in [4.78, 5) is 23.4. The van der Waals surface area contributed by atoms with Crippen LogP contribution in [-0.2, 0) is 10.3 Å². The number of hydrogen-bond acceptors (Lipinski definition) is 3. The molecule has 5 nitrogen and oxygen atoms in total. The Morgan fingerprint density at radius 1 is 1.29 bits per heavy atom. The number of benzene rings is 1. The third-order valence-corrected chi connectivity index (χ3v) is 3.39. The maximum absolute atomic E-state index is 12.0. The molecule has 0 aliphatic carbocycles. The summed E-state index contributed by atoms with van der Waals surface area (Å²) in [7, 11) is 0. The topological polar surface area (TPSA) is 70.2 Å². The Kier molecular flexibility index (Phi) is 1.92. The monoisotopic (exact) mass is 231 g/mol. The van der Waals surface area contributed by atoms with Crippen LogP contribution in [0.4, 0.5) is 10.5 Å². The Labute approximate surface area is 98.6 Å². The molecule has 5 heteroatoms. The highest BCUT2D eigenvalue weighted by atomic mass is 16.2. The lowest BCUT2D eigenvalue weighted by Crippen LogP contribution is -2.48. The lowest BCUT2D eigenvalue weighted by Gasteiger charge is -2.33. The van der Waals surface area contributed by atoms with Crippen LogP contribution in [-0.4, -0.2) is 18.5 Å². The minimum absolute atomic E-state index is 0.254. The fourth-order valence-corrected chi connectivity index (χ4v) is 2.54. The van der Waals surface area contributed by atoms with Crippen LogP contribution in [0.3, 0.4) is 0 Å². The number of rotatable bonds is 0. The van der Waals surface area contributed by atoms with E-state index in [9.17, 15) is 9.59 Å². The Balaban J connectivity index is 2.19. The maximum Gasteiger partial charge on any atom is 0.322 e. The molecule has 0 aromatic heterocycles. The van der Waals surface area contributed by atoms with E-state index in [1.54, 1.807) is 0 Å². The summed E-state index contributed by atoms with van der Waals surface area (Å²) < 4.78 is 0. The minimum atomic E-state index is -0.885. The molecule has 1 atom stereocenters. The molecule has 1 unspecified atom stereocenters. The standard InChI is InChI=1S/C12H13N3O2/c1-7-2-3-9-8(6-7)12(4-5-13-9)10(16)14-11(17)15-12/h2-3,6,13H,4-5H2,1H3,(H2,14,15,16,17). The highest BCUT2D eigenvalue weighted by Gasteiger charge is 2.49. The highest BCUT2D eigenvalue weighted by Crippen LogP contribution is 2.37. The van der Waals surface area contributed by atoms with Gasteiger partial charge in [0.25, 0.3) is 5.91 Å². The van der Waals surface area contributed by atoms with E-state index in [0.29, 0.717) is 13.0 Å². The van der Waals surface area contributed by atoms with Crippen LogP contribution in [0.1, 0.15) is 17.5 Å². The van der Waals surface area contributed by atoms with Crippen molar-refractivity contribution in [2.75, 3.05) is 11.9 Å². The molecule has 0 saturated carbocycles. The SMILES string of the molecule is Cc1ccc2c(c1)C1(CCN2)NC(=O)NC1=O. The van der Waals surface area contributed by atoms with Crippen LogP contribution in [0, 0.1) is 6.92 Å². The van der Waals surface area contributed by atoms with E-state index in [4.69, 9.17) is 0 Å². The first-order valence-electron chi connectivity index (χ1n) is 5.60. The summed E-state index contributed by atoms with van der Waals surface area (Å²) in [6.45, 7) is 2.64. The molecule has 1 aromatic carbocycles. The van der Waals surface area contributed by atoms with Crippen molar-refractivity contribution in [3.8, 4) is 0 Å². The van der Waals surface area contributed by atoms with Gasteiger partial charge >= 0.3 is 6.03 Å². The van der Waals surface area contributed by atoms with E-state index in [1.165, 1.54) is 0 Å². The van der Waals surface area contributed by atoms with Crippen molar-refractivity contribution in [1.29, 1.82) is 0 Å². The first kappa shape index (κ1) is 10.1. The molecule has 0 radical (unpaired) electrons. The smallest absolute Gasteiger partial charge is 0.322 e. The Morgan fingerprint density at radius 3 is 2.82 bits per heavy atom. The van der Waals surface area contributed by atoms with E-state index in [1.807, 2.05) is 25.1 Å². The summed E-state index contributed by atoms with van der Waals surface area (Å²) in [5, 5.41) is 8.33. The van der Waals surface area contributed by atoms with Gasteiger partial charge in [0.15, 0.2) is 0 Å². The molecule has 2 heterocycles. The third-order valence-electron chi connectivity index (χ3n) is 3.39. The average molecular weight is 231 g/mol. The summed E-state index contributed by atoms with van der Waals surface area (Å²) in [6, 6.07) is 5.47. The van der Waals surface area contributed by atoms with E-state index in [-0.39, 0.29) is 5.91 Å². The predicted octanol–water partition coefficient (Wildman–Crippen LogP) is 0.845. The maximum atomic E-state index is 12.0. The number of fused-ring (bicyclic) bond motifs is 2. The van der Waals surface area contributed by atoms with Gasteiger partial charge in [0.05, 0.1) is 0 Å². The van der Waals surface area contributed by atoms with Gasteiger partial charge in [-0.1, -0.05) is 17.7 Å². The third kappa shape index (κ3) is 1.32. The zero-order valence-corrected chi connectivity index (χ0v) is 9.46. The van der Waals surface area contributed by atoms with E-state index in [2.05, 4.69) is 16.0 Å². The van der Waals surface area contributed by atoms with Crippen LogP contribution in [0.15, 0.2) is 18.2 Å². The van der Waals surface area contributed by atoms with Crippen LogP contribution >= 0.6 is 0 Å². The van der Waals surface area contributed by atoms with Crippen molar-refractivity contribution in [2.24, 2.45) is 0 Å². The van der Waals surface area contributed by atoms with Gasteiger partial charge in [0, 0.05) is 24.2 Å². The van der Waals surface area contributed by atoms with Crippen molar-refractivity contribution in [3.05, 3.63) is 29.3 Å². The van der Waals surface area contributed by atoms with E-state index in [0.717, 1.165) is 16.8 Å². The van der Waals surface area contributed by atoms with Gasteiger partial charge in [0.2, 0.25) is 0 Å². The van der Waals surface area contributed by atoms with E-state index < -0.39 is 11.6 Å².